The number of carbonyl (C=O) groups excluding carboxylic acids is 1. The maximum Gasteiger partial charge on any atom is 0.490 e. The predicted molar refractivity (Wildman–Crippen MR) is 106 cm³/mol. The van der Waals surface area contributed by atoms with Gasteiger partial charge in [0.1, 0.15) is 18.2 Å². The van der Waals surface area contributed by atoms with Crippen LogP contribution in [0.4, 0.5) is 19.0 Å². The molecular weight excluding hydrogens is 435 g/mol. The molecule has 13 heteroatoms. The number of rotatable bonds is 5. The van der Waals surface area contributed by atoms with Gasteiger partial charge >= 0.3 is 12.1 Å². The number of anilines is 1. The standard InChI is InChI=1S/C17H21N5O3.C2HF3O2/c1-25-12-17(24)21-7-4-8-22-15(11-21)20-13(9-16(22)23)10-19-14-5-2-3-6-18-14;3-2(4,5)1(6)7/h2-3,5-6,9H,4,7-8,10-12H2,1H3,(H,18,19);(H,6,7). The van der Waals surface area contributed by atoms with Crippen LogP contribution < -0.4 is 10.9 Å². The minimum absolute atomic E-state index is 0.0329. The minimum Gasteiger partial charge on any atom is -0.475 e. The maximum atomic E-state index is 12.4. The molecule has 10 nitrogen and oxygen atoms in total. The molecule has 0 atom stereocenters. The Morgan fingerprint density at radius 1 is 1.28 bits per heavy atom. The number of hydrogen-bond acceptors (Lipinski definition) is 7. The predicted octanol–water partition coefficient (Wildman–Crippen LogP) is 1.26. The second-order valence-electron chi connectivity index (χ2n) is 6.63. The molecule has 0 saturated heterocycles. The molecule has 3 rings (SSSR count). The summed E-state index contributed by atoms with van der Waals surface area (Å²) in [6.07, 6.45) is -2.67. The quantitative estimate of drug-likeness (QED) is 0.687. The first-order chi connectivity index (χ1) is 15.1. The van der Waals surface area contributed by atoms with E-state index in [0.29, 0.717) is 37.7 Å². The highest BCUT2D eigenvalue weighted by molar-refractivity contribution is 5.77. The molecule has 1 aliphatic rings. The van der Waals surface area contributed by atoms with Crippen molar-refractivity contribution in [1.82, 2.24) is 19.4 Å². The Morgan fingerprint density at radius 3 is 2.59 bits per heavy atom. The molecule has 0 fully saturated rings. The third-order valence-electron chi connectivity index (χ3n) is 4.26. The third-order valence-corrected chi connectivity index (χ3v) is 4.26. The van der Waals surface area contributed by atoms with Gasteiger partial charge in [0.2, 0.25) is 5.91 Å². The molecule has 2 N–H and O–H groups in total. The number of methoxy groups -OCH3 is 1. The smallest absolute Gasteiger partial charge is 0.475 e. The molecule has 0 aliphatic carbocycles. The molecule has 2 aromatic heterocycles. The molecule has 0 spiro atoms. The Balaban J connectivity index is 0.000000451. The summed E-state index contributed by atoms with van der Waals surface area (Å²) in [5.74, 6) is -1.53. The van der Waals surface area contributed by atoms with Crippen molar-refractivity contribution >= 4 is 17.7 Å². The number of carboxylic acid groups (broad SMARTS) is 1. The number of fused-ring (bicyclic) bond motifs is 1. The van der Waals surface area contributed by atoms with Gasteiger partial charge < -0.3 is 20.1 Å². The number of nitrogens with one attached hydrogen (secondary N) is 1. The van der Waals surface area contributed by atoms with Crippen LogP contribution in [-0.2, 0) is 34.0 Å². The van der Waals surface area contributed by atoms with Gasteiger partial charge in [-0.1, -0.05) is 6.07 Å². The number of halogens is 3. The summed E-state index contributed by atoms with van der Waals surface area (Å²) in [6, 6.07) is 7.10. The van der Waals surface area contributed by atoms with E-state index in [4.69, 9.17) is 14.6 Å². The maximum absolute atomic E-state index is 12.4. The Morgan fingerprint density at radius 2 is 2.00 bits per heavy atom. The summed E-state index contributed by atoms with van der Waals surface area (Å²) >= 11 is 0. The van der Waals surface area contributed by atoms with Gasteiger partial charge in [-0.3, -0.25) is 14.2 Å². The first-order valence-electron chi connectivity index (χ1n) is 9.43. The number of carboxylic acids is 1. The monoisotopic (exact) mass is 457 g/mol. The van der Waals surface area contributed by atoms with E-state index in [2.05, 4.69) is 15.3 Å². The first kappa shape index (κ1) is 24.8. The largest absolute Gasteiger partial charge is 0.490 e. The zero-order valence-corrected chi connectivity index (χ0v) is 17.1. The number of hydrogen-bond donors (Lipinski definition) is 2. The minimum atomic E-state index is -5.08. The molecule has 2 aromatic rings. The molecule has 1 aliphatic heterocycles. The van der Waals surface area contributed by atoms with Crippen molar-refractivity contribution < 1.29 is 32.6 Å². The molecule has 3 heterocycles. The lowest BCUT2D eigenvalue weighted by Crippen LogP contribution is -2.34. The highest BCUT2D eigenvalue weighted by atomic mass is 19.4. The molecule has 0 unspecified atom stereocenters. The van der Waals surface area contributed by atoms with Crippen LogP contribution >= 0.6 is 0 Å². The van der Waals surface area contributed by atoms with Gasteiger partial charge in [0.25, 0.3) is 5.56 Å². The fourth-order valence-corrected chi connectivity index (χ4v) is 2.80. The number of aliphatic carboxylic acids is 1. The van der Waals surface area contributed by atoms with Gasteiger partial charge in [-0.05, 0) is 18.6 Å². The van der Waals surface area contributed by atoms with Crippen molar-refractivity contribution in [3.05, 3.63) is 52.3 Å². The summed E-state index contributed by atoms with van der Waals surface area (Å²) in [5.41, 5.74) is 0.534. The van der Waals surface area contributed by atoms with Crippen molar-refractivity contribution in [1.29, 1.82) is 0 Å². The lowest BCUT2D eigenvalue weighted by atomic mass is 10.3. The van der Waals surface area contributed by atoms with E-state index in [1.54, 1.807) is 15.7 Å². The topological polar surface area (TPSA) is 127 Å². The highest BCUT2D eigenvalue weighted by Gasteiger charge is 2.38. The van der Waals surface area contributed by atoms with E-state index in [9.17, 15) is 22.8 Å². The van der Waals surface area contributed by atoms with Crippen LogP contribution in [0.3, 0.4) is 0 Å². The van der Waals surface area contributed by atoms with E-state index < -0.39 is 12.1 Å². The van der Waals surface area contributed by atoms with Gasteiger partial charge in [0, 0.05) is 32.5 Å². The molecule has 1 amide bonds. The molecule has 0 bridgehead atoms. The van der Waals surface area contributed by atoms with Gasteiger partial charge in [-0.15, -0.1) is 0 Å². The molecule has 0 saturated carbocycles. The number of pyridine rings is 1. The SMILES string of the molecule is COCC(=O)N1CCCn2c(nc(CNc3ccccn3)cc2=O)C1.O=C(O)C(F)(F)F. The summed E-state index contributed by atoms with van der Waals surface area (Å²) in [7, 11) is 1.49. The van der Waals surface area contributed by atoms with Crippen LogP contribution in [0.1, 0.15) is 17.9 Å². The molecule has 0 aromatic carbocycles. The van der Waals surface area contributed by atoms with E-state index in [0.717, 1.165) is 12.2 Å². The number of ether oxygens (including phenoxy) is 1. The van der Waals surface area contributed by atoms with Crippen molar-refractivity contribution in [2.45, 2.75) is 32.2 Å². The fraction of sp³-hybridized carbons (Fsp3) is 0.421. The van der Waals surface area contributed by atoms with Crippen molar-refractivity contribution in [2.75, 3.05) is 25.6 Å². The summed E-state index contributed by atoms with van der Waals surface area (Å²) in [5, 5.41) is 10.3. The second kappa shape index (κ2) is 11.2. The average Bonchev–Trinajstić information content (AvgIpc) is 2.96. The van der Waals surface area contributed by atoms with Gasteiger partial charge in [0.05, 0.1) is 18.8 Å². The van der Waals surface area contributed by atoms with Crippen molar-refractivity contribution in [3.8, 4) is 0 Å². The van der Waals surface area contributed by atoms with Crippen LogP contribution in [0.5, 0.6) is 0 Å². The van der Waals surface area contributed by atoms with E-state index in [1.807, 2.05) is 18.2 Å². The number of amides is 1. The Hall–Kier alpha value is -3.48. The summed E-state index contributed by atoms with van der Waals surface area (Å²) in [4.78, 5) is 43.9. The molecule has 32 heavy (non-hydrogen) atoms. The third kappa shape index (κ3) is 7.34. The van der Waals surface area contributed by atoms with E-state index >= 15 is 0 Å². The Labute approximate surface area is 180 Å². The van der Waals surface area contributed by atoms with Gasteiger partial charge in [0.15, 0.2) is 0 Å². The average molecular weight is 457 g/mol. The van der Waals surface area contributed by atoms with Crippen LogP contribution in [0.25, 0.3) is 0 Å². The van der Waals surface area contributed by atoms with Crippen LogP contribution in [0, 0.1) is 0 Å². The molecular formula is C19H22F3N5O5. The highest BCUT2D eigenvalue weighted by Crippen LogP contribution is 2.13. The first-order valence-corrected chi connectivity index (χ1v) is 9.43. The lowest BCUT2D eigenvalue weighted by Gasteiger charge is -2.19. The number of alkyl halides is 3. The summed E-state index contributed by atoms with van der Waals surface area (Å²) < 4.78 is 38.3. The number of nitrogens with zero attached hydrogens (tertiary/aromatic N) is 4. The lowest BCUT2D eigenvalue weighted by molar-refractivity contribution is -0.192. The molecule has 174 valence electrons. The zero-order chi connectivity index (χ0) is 23.7. The van der Waals surface area contributed by atoms with Crippen molar-refractivity contribution in [2.24, 2.45) is 0 Å². The molecule has 0 radical (unpaired) electrons. The van der Waals surface area contributed by atoms with Crippen LogP contribution in [0.15, 0.2) is 35.3 Å². The number of aromatic nitrogens is 3. The van der Waals surface area contributed by atoms with Crippen molar-refractivity contribution in [3.63, 3.8) is 0 Å². The van der Waals surface area contributed by atoms with Gasteiger partial charge in [-0.2, -0.15) is 13.2 Å². The van der Waals surface area contributed by atoms with E-state index in [-0.39, 0.29) is 18.1 Å². The Kier molecular flexibility index (Phi) is 8.70. The van der Waals surface area contributed by atoms with Crippen LogP contribution in [-0.4, -0.2) is 62.9 Å². The number of carbonyl (C=O) groups is 2. The Bertz CT molecular complexity index is 982. The fourth-order valence-electron chi connectivity index (χ4n) is 2.80. The normalized spacial score (nSPS) is 13.3. The van der Waals surface area contributed by atoms with E-state index in [1.165, 1.54) is 13.2 Å². The second-order valence-corrected chi connectivity index (χ2v) is 6.63. The van der Waals surface area contributed by atoms with Gasteiger partial charge in [-0.25, -0.2) is 14.8 Å². The summed E-state index contributed by atoms with van der Waals surface area (Å²) in [6.45, 7) is 1.89. The van der Waals surface area contributed by atoms with Crippen LogP contribution in [0.2, 0.25) is 0 Å². The zero-order valence-electron chi connectivity index (χ0n) is 17.1.